The summed E-state index contributed by atoms with van der Waals surface area (Å²) in [7, 11) is 0. The molecule has 4 heteroatoms. The van der Waals surface area contributed by atoms with E-state index in [1.54, 1.807) is 0 Å². The van der Waals surface area contributed by atoms with Crippen molar-refractivity contribution in [2.75, 3.05) is 6.54 Å². The normalized spacial score (nSPS) is 11.5. The second-order valence-corrected chi connectivity index (χ2v) is 6.52. The molecule has 0 atom stereocenters. The monoisotopic (exact) mass is 363 g/mol. The summed E-state index contributed by atoms with van der Waals surface area (Å²) >= 11 is 6.00. The van der Waals surface area contributed by atoms with Gasteiger partial charge >= 0.3 is 0 Å². The van der Waals surface area contributed by atoms with Gasteiger partial charge in [-0.25, -0.2) is 4.99 Å². The Bertz CT molecular complexity index is 858. The minimum absolute atomic E-state index is 0.529. The summed E-state index contributed by atoms with van der Waals surface area (Å²) in [4.78, 5) is 4.48. The Labute approximate surface area is 159 Å². The Morgan fingerprint density at radius 1 is 0.885 bits per heavy atom. The summed E-state index contributed by atoms with van der Waals surface area (Å²) in [6.07, 6.45) is 0.957. The van der Waals surface area contributed by atoms with Gasteiger partial charge < -0.3 is 11.1 Å². The largest absolute Gasteiger partial charge is 0.383 e. The van der Waals surface area contributed by atoms with Crippen molar-refractivity contribution in [1.82, 2.24) is 5.32 Å². The maximum absolute atomic E-state index is 6.06. The predicted octanol–water partition coefficient (Wildman–Crippen LogP) is 4.71. The minimum Gasteiger partial charge on any atom is -0.383 e. The summed E-state index contributed by atoms with van der Waals surface area (Å²) in [6, 6.07) is 25.9. The molecule has 3 aromatic rings. The summed E-state index contributed by atoms with van der Waals surface area (Å²) in [5.41, 5.74) is 10.3. The van der Waals surface area contributed by atoms with Crippen molar-refractivity contribution in [2.24, 2.45) is 10.7 Å². The molecule has 0 radical (unpaired) electrons. The Morgan fingerprint density at radius 3 is 2.38 bits per heavy atom. The van der Waals surface area contributed by atoms with Gasteiger partial charge in [0.2, 0.25) is 0 Å². The third kappa shape index (κ3) is 5.45. The van der Waals surface area contributed by atoms with Gasteiger partial charge in [0.25, 0.3) is 0 Å². The molecule has 0 aliphatic rings. The highest BCUT2D eigenvalue weighted by Gasteiger charge is 1.99. The molecule has 0 heterocycles. The van der Waals surface area contributed by atoms with Crippen molar-refractivity contribution in [2.45, 2.75) is 13.0 Å². The third-order valence-electron chi connectivity index (χ3n) is 4.06. The van der Waals surface area contributed by atoms with Crippen LogP contribution < -0.4 is 11.1 Å². The first-order chi connectivity index (χ1) is 12.7. The number of rotatable bonds is 7. The molecule has 0 saturated carbocycles. The van der Waals surface area contributed by atoms with E-state index >= 15 is 0 Å². The fraction of sp³-hybridized carbons (Fsp3) is 0.136. The first kappa shape index (κ1) is 18.2. The molecule has 0 amide bonds. The van der Waals surface area contributed by atoms with Crippen molar-refractivity contribution in [3.05, 3.63) is 101 Å². The first-order valence-corrected chi connectivity index (χ1v) is 9.02. The van der Waals surface area contributed by atoms with Crippen LogP contribution in [0.5, 0.6) is 0 Å². The fourth-order valence-corrected chi connectivity index (χ4v) is 2.87. The first-order valence-electron chi connectivity index (χ1n) is 8.64. The Hall–Kier alpha value is -2.62. The van der Waals surface area contributed by atoms with Crippen molar-refractivity contribution >= 4 is 23.1 Å². The van der Waals surface area contributed by atoms with Crippen LogP contribution in [0.3, 0.4) is 0 Å². The maximum atomic E-state index is 6.06. The van der Waals surface area contributed by atoms with Gasteiger partial charge in [-0.15, -0.1) is 0 Å². The van der Waals surface area contributed by atoms with E-state index in [-0.39, 0.29) is 0 Å². The zero-order chi connectivity index (χ0) is 18.2. The van der Waals surface area contributed by atoms with Crippen molar-refractivity contribution in [1.29, 1.82) is 0 Å². The highest BCUT2D eigenvalue weighted by atomic mass is 35.5. The van der Waals surface area contributed by atoms with Crippen LogP contribution in [0.2, 0.25) is 5.02 Å². The van der Waals surface area contributed by atoms with Crippen LogP contribution in [-0.4, -0.2) is 12.4 Å². The number of hydrogen-bond acceptors (Lipinski definition) is 2. The van der Waals surface area contributed by atoms with Crippen LogP contribution in [0.15, 0.2) is 83.9 Å². The quantitative estimate of drug-likeness (QED) is 0.363. The zero-order valence-electron chi connectivity index (χ0n) is 14.5. The molecule has 0 aliphatic heterocycles. The van der Waals surface area contributed by atoms with Crippen LogP contribution in [0.25, 0.3) is 0 Å². The summed E-state index contributed by atoms with van der Waals surface area (Å²) in [6.45, 7) is 1.72. The van der Waals surface area contributed by atoms with Crippen molar-refractivity contribution < 1.29 is 0 Å². The lowest BCUT2D eigenvalue weighted by Crippen LogP contribution is -2.16. The minimum atomic E-state index is 0.529. The number of hydrogen-bond donors (Lipinski definition) is 2. The summed E-state index contributed by atoms with van der Waals surface area (Å²) < 4.78 is 0. The molecule has 3 rings (SSSR count). The van der Waals surface area contributed by atoms with Gasteiger partial charge in [-0.2, -0.15) is 0 Å². The molecule has 0 fully saturated rings. The van der Waals surface area contributed by atoms with Gasteiger partial charge in [-0.3, -0.25) is 0 Å². The maximum Gasteiger partial charge on any atom is 0.131 e. The van der Waals surface area contributed by atoms with Crippen LogP contribution in [0.1, 0.15) is 16.7 Å². The van der Waals surface area contributed by atoms with E-state index in [0.717, 1.165) is 35.8 Å². The average molecular weight is 364 g/mol. The molecule has 132 valence electrons. The average Bonchev–Trinajstić information content (AvgIpc) is 2.67. The highest BCUT2D eigenvalue weighted by molar-refractivity contribution is 6.30. The lowest BCUT2D eigenvalue weighted by molar-refractivity contribution is 0.687. The Morgan fingerprint density at radius 2 is 1.65 bits per heavy atom. The second kappa shape index (κ2) is 9.18. The zero-order valence-corrected chi connectivity index (χ0v) is 15.3. The van der Waals surface area contributed by atoms with Crippen LogP contribution in [-0.2, 0) is 13.0 Å². The molecule has 0 unspecified atom stereocenters. The lowest BCUT2D eigenvalue weighted by Gasteiger charge is -2.06. The predicted molar refractivity (Wildman–Crippen MR) is 110 cm³/mol. The van der Waals surface area contributed by atoms with Gasteiger partial charge in [0, 0.05) is 17.1 Å². The number of benzene rings is 3. The SMILES string of the molecule is NC(=Nc1ccc(CCNCc2cccc(Cl)c2)cc1)c1ccccc1. The number of nitrogens with two attached hydrogens (primary N) is 1. The molecular formula is C22H22ClN3. The van der Waals surface area contributed by atoms with E-state index in [0.29, 0.717) is 5.84 Å². The second-order valence-electron chi connectivity index (χ2n) is 6.09. The van der Waals surface area contributed by atoms with Crippen LogP contribution in [0.4, 0.5) is 5.69 Å². The molecule has 3 N–H and O–H groups in total. The van der Waals surface area contributed by atoms with E-state index < -0.39 is 0 Å². The van der Waals surface area contributed by atoms with Crippen LogP contribution >= 0.6 is 11.6 Å². The molecule has 0 bridgehead atoms. The van der Waals surface area contributed by atoms with Gasteiger partial charge in [-0.1, -0.05) is 66.2 Å². The van der Waals surface area contributed by atoms with Gasteiger partial charge in [0.05, 0.1) is 5.69 Å². The smallest absolute Gasteiger partial charge is 0.131 e. The number of amidine groups is 1. The number of aliphatic imine (C=N–C) groups is 1. The lowest BCUT2D eigenvalue weighted by atomic mass is 10.1. The molecule has 0 spiro atoms. The standard InChI is InChI=1S/C22H22ClN3/c23-20-8-4-5-18(15-20)16-25-14-13-17-9-11-21(12-10-17)26-22(24)19-6-2-1-3-7-19/h1-12,15,25H,13-14,16H2,(H2,24,26). The molecule has 0 saturated heterocycles. The Balaban J connectivity index is 1.50. The molecule has 0 aliphatic carbocycles. The molecular weight excluding hydrogens is 342 g/mol. The van der Waals surface area contributed by atoms with Crippen molar-refractivity contribution in [3.63, 3.8) is 0 Å². The Kier molecular flexibility index (Phi) is 6.42. The van der Waals surface area contributed by atoms with Crippen LogP contribution in [0, 0.1) is 0 Å². The molecule has 0 aromatic heterocycles. The van der Waals surface area contributed by atoms with Gasteiger partial charge in [-0.05, 0) is 48.4 Å². The van der Waals surface area contributed by atoms with Gasteiger partial charge in [0.15, 0.2) is 0 Å². The highest BCUT2D eigenvalue weighted by Crippen LogP contribution is 2.15. The molecule has 26 heavy (non-hydrogen) atoms. The van der Waals surface area contributed by atoms with E-state index in [9.17, 15) is 0 Å². The third-order valence-corrected chi connectivity index (χ3v) is 4.30. The number of halogens is 1. The van der Waals surface area contributed by atoms with E-state index in [1.807, 2.05) is 60.7 Å². The number of nitrogens with zero attached hydrogens (tertiary/aromatic N) is 1. The van der Waals surface area contributed by atoms with Crippen molar-refractivity contribution in [3.8, 4) is 0 Å². The summed E-state index contributed by atoms with van der Waals surface area (Å²) in [5, 5.41) is 4.21. The molecule has 3 aromatic carbocycles. The van der Waals surface area contributed by atoms with E-state index in [2.05, 4.69) is 28.5 Å². The fourth-order valence-electron chi connectivity index (χ4n) is 2.66. The van der Waals surface area contributed by atoms with Gasteiger partial charge in [0.1, 0.15) is 5.84 Å². The number of nitrogens with one attached hydrogen (secondary N) is 1. The van der Waals surface area contributed by atoms with E-state index in [1.165, 1.54) is 11.1 Å². The topological polar surface area (TPSA) is 50.4 Å². The summed E-state index contributed by atoms with van der Waals surface area (Å²) in [5.74, 6) is 0.529. The van der Waals surface area contributed by atoms with E-state index in [4.69, 9.17) is 17.3 Å². The molecule has 3 nitrogen and oxygen atoms in total.